The topological polar surface area (TPSA) is 76.3 Å². The SMILES string of the molecule is CCOC(=O)CCNC(=O)c1ccccc1SC(=O)CCCC[n+]1ccccc1. The Kier molecular flexibility index (Phi) is 9.92. The van der Waals surface area contributed by atoms with Gasteiger partial charge in [0.15, 0.2) is 17.5 Å². The normalized spacial score (nSPS) is 10.4. The van der Waals surface area contributed by atoms with Gasteiger partial charge in [0.1, 0.15) is 6.54 Å². The smallest absolute Gasteiger partial charge is 0.307 e. The number of hydrogen-bond acceptors (Lipinski definition) is 5. The molecule has 1 aromatic heterocycles. The summed E-state index contributed by atoms with van der Waals surface area (Å²) in [6, 6.07) is 12.9. The van der Waals surface area contributed by atoms with Crippen molar-refractivity contribution in [2.75, 3.05) is 13.2 Å². The highest BCUT2D eigenvalue weighted by atomic mass is 32.2. The second kappa shape index (κ2) is 12.7. The van der Waals surface area contributed by atoms with Crippen LogP contribution < -0.4 is 9.88 Å². The van der Waals surface area contributed by atoms with E-state index in [9.17, 15) is 14.4 Å². The zero-order valence-electron chi connectivity index (χ0n) is 16.6. The molecule has 0 fully saturated rings. The number of nitrogens with one attached hydrogen (secondary N) is 1. The predicted molar refractivity (Wildman–Crippen MR) is 111 cm³/mol. The van der Waals surface area contributed by atoms with E-state index in [0.717, 1.165) is 31.1 Å². The average molecular weight is 416 g/mol. The fourth-order valence-electron chi connectivity index (χ4n) is 2.67. The fraction of sp³-hybridized carbons (Fsp3) is 0.364. The number of aryl methyl sites for hydroxylation is 1. The molecule has 0 radical (unpaired) electrons. The minimum Gasteiger partial charge on any atom is -0.466 e. The summed E-state index contributed by atoms with van der Waals surface area (Å²) < 4.78 is 6.93. The minimum atomic E-state index is -0.348. The highest BCUT2D eigenvalue weighted by molar-refractivity contribution is 8.13. The van der Waals surface area contributed by atoms with Crippen molar-refractivity contribution in [3.8, 4) is 0 Å². The van der Waals surface area contributed by atoms with Crippen LogP contribution >= 0.6 is 11.8 Å². The molecule has 1 aromatic carbocycles. The number of rotatable bonds is 11. The van der Waals surface area contributed by atoms with Crippen molar-refractivity contribution in [3.63, 3.8) is 0 Å². The van der Waals surface area contributed by atoms with Gasteiger partial charge in [0.2, 0.25) is 0 Å². The number of amides is 1. The highest BCUT2D eigenvalue weighted by Crippen LogP contribution is 2.25. The van der Waals surface area contributed by atoms with Gasteiger partial charge in [0.25, 0.3) is 5.91 Å². The van der Waals surface area contributed by atoms with Crippen molar-refractivity contribution in [3.05, 3.63) is 60.4 Å². The third kappa shape index (κ3) is 8.48. The van der Waals surface area contributed by atoms with Crippen molar-refractivity contribution in [1.82, 2.24) is 5.32 Å². The number of hydrogen-bond donors (Lipinski definition) is 1. The Hall–Kier alpha value is -2.67. The Morgan fingerprint density at radius 1 is 1.00 bits per heavy atom. The van der Waals surface area contributed by atoms with Crippen LogP contribution in [0, 0.1) is 0 Å². The second-order valence-electron chi connectivity index (χ2n) is 6.35. The Labute approximate surface area is 175 Å². The molecule has 0 bridgehead atoms. The summed E-state index contributed by atoms with van der Waals surface area (Å²) in [6.45, 7) is 3.12. The molecule has 0 aliphatic heterocycles. The number of thioether (sulfide) groups is 1. The van der Waals surface area contributed by atoms with Crippen molar-refractivity contribution >= 4 is 28.8 Å². The quantitative estimate of drug-likeness (QED) is 0.264. The Bertz CT molecular complexity index is 811. The van der Waals surface area contributed by atoms with Gasteiger partial charge in [0.05, 0.1) is 18.6 Å². The summed E-state index contributed by atoms with van der Waals surface area (Å²) in [5.41, 5.74) is 0.439. The Morgan fingerprint density at radius 3 is 2.52 bits per heavy atom. The van der Waals surface area contributed by atoms with Crippen molar-refractivity contribution in [2.24, 2.45) is 0 Å². The van der Waals surface area contributed by atoms with Crippen LogP contribution in [0.3, 0.4) is 0 Å². The summed E-state index contributed by atoms with van der Waals surface area (Å²) in [7, 11) is 0. The summed E-state index contributed by atoms with van der Waals surface area (Å²) in [5.74, 6) is -0.648. The van der Waals surface area contributed by atoms with Gasteiger partial charge in [-0.05, 0) is 25.5 Å². The second-order valence-corrected chi connectivity index (χ2v) is 7.45. The third-order valence-corrected chi connectivity index (χ3v) is 5.11. The van der Waals surface area contributed by atoms with Crippen LogP contribution in [0.1, 0.15) is 43.0 Å². The van der Waals surface area contributed by atoms with Gasteiger partial charge in [-0.2, -0.15) is 0 Å². The number of carbonyl (C=O) groups is 3. The number of unbranched alkanes of at least 4 members (excludes halogenated alkanes) is 1. The molecule has 6 nitrogen and oxygen atoms in total. The molecule has 0 spiro atoms. The summed E-state index contributed by atoms with van der Waals surface area (Å²) in [5, 5.41) is 2.74. The highest BCUT2D eigenvalue weighted by Gasteiger charge is 2.15. The Morgan fingerprint density at radius 2 is 1.76 bits per heavy atom. The van der Waals surface area contributed by atoms with Crippen LogP contribution in [-0.4, -0.2) is 30.1 Å². The van der Waals surface area contributed by atoms with Gasteiger partial charge in [-0.3, -0.25) is 14.4 Å². The van der Waals surface area contributed by atoms with Crippen LogP contribution in [0.5, 0.6) is 0 Å². The van der Waals surface area contributed by atoms with E-state index in [-0.39, 0.29) is 30.0 Å². The molecule has 7 heteroatoms. The molecule has 0 saturated carbocycles. The average Bonchev–Trinajstić information content (AvgIpc) is 2.72. The molecule has 0 saturated heterocycles. The van der Waals surface area contributed by atoms with E-state index < -0.39 is 0 Å². The van der Waals surface area contributed by atoms with E-state index in [0.29, 0.717) is 23.5 Å². The molecule has 1 N–H and O–H groups in total. The molecule has 0 atom stereocenters. The molecule has 0 unspecified atom stereocenters. The maximum absolute atomic E-state index is 12.4. The van der Waals surface area contributed by atoms with E-state index in [1.807, 2.05) is 30.6 Å². The maximum atomic E-state index is 12.4. The van der Waals surface area contributed by atoms with Crippen LogP contribution in [0.15, 0.2) is 59.8 Å². The summed E-state index contributed by atoms with van der Waals surface area (Å²) in [4.78, 5) is 36.7. The van der Waals surface area contributed by atoms with Gasteiger partial charge >= 0.3 is 5.97 Å². The first-order chi connectivity index (χ1) is 14.1. The van der Waals surface area contributed by atoms with E-state index in [1.54, 1.807) is 31.2 Å². The van der Waals surface area contributed by atoms with Gasteiger partial charge in [0, 0.05) is 36.4 Å². The summed E-state index contributed by atoms with van der Waals surface area (Å²) >= 11 is 1.09. The first-order valence-electron chi connectivity index (χ1n) is 9.77. The van der Waals surface area contributed by atoms with Crippen molar-refractivity contribution in [1.29, 1.82) is 0 Å². The largest absolute Gasteiger partial charge is 0.466 e. The van der Waals surface area contributed by atoms with E-state index in [4.69, 9.17) is 4.74 Å². The molecule has 1 amide bonds. The zero-order valence-corrected chi connectivity index (χ0v) is 17.5. The van der Waals surface area contributed by atoms with Crippen LogP contribution in [-0.2, 0) is 20.9 Å². The number of aromatic nitrogens is 1. The molecular weight excluding hydrogens is 388 g/mol. The lowest BCUT2D eigenvalue weighted by Crippen LogP contribution is -2.32. The molecule has 2 rings (SSSR count). The Balaban J connectivity index is 1.78. The number of benzene rings is 1. The lowest BCUT2D eigenvalue weighted by atomic mass is 10.2. The van der Waals surface area contributed by atoms with Crippen LogP contribution in [0.4, 0.5) is 0 Å². The minimum absolute atomic E-state index is 0.0369. The first kappa shape index (κ1) is 22.6. The van der Waals surface area contributed by atoms with E-state index in [1.165, 1.54) is 0 Å². The van der Waals surface area contributed by atoms with Gasteiger partial charge in [-0.15, -0.1) is 0 Å². The lowest BCUT2D eigenvalue weighted by molar-refractivity contribution is -0.697. The van der Waals surface area contributed by atoms with E-state index in [2.05, 4.69) is 9.88 Å². The van der Waals surface area contributed by atoms with Gasteiger partial charge in [-0.1, -0.05) is 30.0 Å². The van der Waals surface area contributed by atoms with Gasteiger partial charge in [-0.25, -0.2) is 4.57 Å². The van der Waals surface area contributed by atoms with Crippen LogP contribution in [0.25, 0.3) is 0 Å². The standard InChI is InChI=1S/C22H26N2O4S/c1-2-28-20(25)13-14-23-22(27)18-10-4-5-11-19(18)29-21(26)12-6-9-17-24-15-7-3-8-16-24/h3-5,7-8,10-11,15-16H,2,6,9,12-14,17H2,1H3/p+1. The predicted octanol–water partition coefficient (Wildman–Crippen LogP) is 3.15. The van der Waals surface area contributed by atoms with Crippen molar-refractivity contribution in [2.45, 2.75) is 44.0 Å². The van der Waals surface area contributed by atoms with E-state index >= 15 is 0 Å². The molecule has 29 heavy (non-hydrogen) atoms. The number of esters is 1. The molecule has 0 aliphatic carbocycles. The summed E-state index contributed by atoms with van der Waals surface area (Å²) in [6.07, 6.45) is 6.30. The van der Waals surface area contributed by atoms with Gasteiger partial charge < -0.3 is 10.1 Å². The number of pyridine rings is 1. The molecule has 1 heterocycles. The molecule has 154 valence electrons. The zero-order chi connectivity index (χ0) is 20.9. The first-order valence-corrected chi connectivity index (χ1v) is 10.6. The van der Waals surface area contributed by atoms with Crippen molar-refractivity contribution < 1.29 is 23.7 Å². The maximum Gasteiger partial charge on any atom is 0.307 e. The van der Waals surface area contributed by atoms with Crippen LogP contribution in [0.2, 0.25) is 0 Å². The number of nitrogens with zero attached hydrogens (tertiary/aromatic N) is 1. The monoisotopic (exact) mass is 415 g/mol. The molecular formula is C22H27N2O4S+. The molecule has 0 aliphatic rings. The lowest BCUT2D eigenvalue weighted by Gasteiger charge is -2.09. The third-order valence-electron chi connectivity index (χ3n) is 4.10. The molecule has 2 aromatic rings. The number of ether oxygens (including phenoxy) is 1. The number of carbonyl (C=O) groups excluding carboxylic acids is 3. The fourth-order valence-corrected chi connectivity index (χ4v) is 3.58.